The van der Waals surface area contributed by atoms with Crippen LogP contribution in [0.15, 0.2) is 24.3 Å². The summed E-state index contributed by atoms with van der Waals surface area (Å²) >= 11 is 0. The normalized spacial score (nSPS) is 23.1. The zero-order valence-electron chi connectivity index (χ0n) is 14.6. The number of hydrogen-bond donors (Lipinski definition) is 2. The maximum atomic E-state index is 10.8. The second-order valence-electron chi connectivity index (χ2n) is 7.16. The molecule has 2 aliphatic heterocycles. The lowest BCUT2D eigenvalue weighted by atomic mass is 9.90. The molecule has 25 heavy (non-hydrogen) atoms. The Hall–Kier alpha value is -1.49. The first-order chi connectivity index (χ1) is 12.1. The lowest BCUT2D eigenvalue weighted by molar-refractivity contribution is -0.0677. The fourth-order valence-corrected chi connectivity index (χ4v) is 3.62. The van der Waals surface area contributed by atoms with Crippen LogP contribution < -0.4 is 0 Å². The highest BCUT2D eigenvalue weighted by Crippen LogP contribution is 2.25. The van der Waals surface area contributed by atoms with Crippen LogP contribution in [0.1, 0.15) is 30.1 Å². The lowest BCUT2D eigenvalue weighted by Crippen LogP contribution is -2.53. The minimum absolute atomic E-state index is 0.555. The number of rotatable bonds is 5. The fourth-order valence-electron chi connectivity index (χ4n) is 3.62. The second-order valence-corrected chi connectivity index (χ2v) is 7.16. The first-order valence-electron chi connectivity index (χ1n) is 9.01. The van der Waals surface area contributed by atoms with Crippen molar-refractivity contribution < 1.29 is 14.9 Å². The monoisotopic (exact) mass is 345 g/mol. The number of morpholine rings is 1. The van der Waals surface area contributed by atoms with Gasteiger partial charge in [-0.15, -0.1) is 0 Å². The van der Waals surface area contributed by atoms with Crippen LogP contribution in [0.5, 0.6) is 0 Å². The minimum Gasteiger partial charge on any atom is -0.388 e. The Morgan fingerprint density at radius 3 is 2.32 bits per heavy atom. The molecule has 0 aliphatic carbocycles. The third kappa shape index (κ3) is 5.00. The molecule has 3 rings (SSSR count). The largest absolute Gasteiger partial charge is 0.388 e. The van der Waals surface area contributed by atoms with Gasteiger partial charge in [0.15, 0.2) is 0 Å². The Morgan fingerprint density at radius 2 is 1.72 bits per heavy atom. The first kappa shape index (κ1) is 18.3. The molecule has 0 amide bonds. The molecule has 0 spiro atoms. The number of hydrogen-bond acceptors (Lipinski definition) is 6. The fraction of sp³-hybridized carbons (Fsp3) is 0.632. The molecule has 0 saturated carbocycles. The topological polar surface area (TPSA) is 80.0 Å². The van der Waals surface area contributed by atoms with E-state index in [-0.39, 0.29) is 0 Å². The number of nitriles is 1. The number of aliphatic hydroxyl groups excluding tert-OH is 1. The summed E-state index contributed by atoms with van der Waals surface area (Å²) in [5.74, 6) is 0. The molecule has 2 aliphatic rings. The van der Waals surface area contributed by atoms with E-state index < -0.39 is 11.7 Å². The van der Waals surface area contributed by atoms with E-state index in [0.29, 0.717) is 18.7 Å². The third-order valence-corrected chi connectivity index (χ3v) is 5.26. The van der Waals surface area contributed by atoms with Gasteiger partial charge in [0.25, 0.3) is 0 Å². The molecule has 1 atom stereocenters. The van der Waals surface area contributed by atoms with Crippen LogP contribution in [0.25, 0.3) is 0 Å². The van der Waals surface area contributed by atoms with Crippen molar-refractivity contribution in [3.63, 3.8) is 0 Å². The van der Waals surface area contributed by atoms with Gasteiger partial charge in [0, 0.05) is 39.3 Å². The Labute approximate surface area is 149 Å². The number of nitrogens with zero attached hydrogens (tertiary/aromatic N) is 3. The van der Waals surface area contributed by atoms with Crippen LogP contribution in [0.4, 0.5) is 0 Å². The van der Waals surface area contributed by atoms with Crippen molar-refractivity contribution in [2.45, 2.75) is 24.5 Å². The van der Waals surface area contributed by atoms with Crippen molar-refractivity contribution >= 4 is 0 Å². The van der Waals surface area contributed by atoms with Crippen LogP contribution in [0.3, 0.4) is 0 Å². The summed E-state index contributed by atoms with van der Waals surface area (Å²) in [6.45, 7) is 6.12. The van der Waals surface area contributed by atoms with Gasteiger partial charge in [0.05, 0.1) is 36.6 Å². The average Bonchev–Trinajstić information content (AvgIpc) is 2.64. The van der Waals surface area contributed by atoms with Gasteiger partial charge >= 0.3 is 0 Å². The van der Waals surface area contributed by atoms with Crippen molar-refractivity contribution in [1.82, 2.24) is 9.80 Å². The quantitative estimate of drug-likeness (QED) is 0.820. The SMILES string of the molecule is N#Cc1ccc(C(O)CN2CCC(O)(CN3CCOCC3)CC2)cc1. The Kier molecular flexibility index (Phi) is 6.05. The summed E-state index contributed by atoms with van der Waals surface area (Å²) in [4.78, 5) is 4.49. The van der Waals surface area contributed by atoms with Crippen molar-refractivity contribution in [2.75, 3.05) is 52.5 Å². The van der Waals surface area contributed by atoms with Crippen LogP contribution in [-0.4, -0.2) is 78.1 Å². The van der Waals surface area contributed by atoms with Crippen molar-refractivity contribution in [2.24, 2.45) is 0 Å². The molecule has 6 heteroatoms. The molecule has 2 fully saturated rings. The van der Waals surface area contributed by atoms with Crippen LogP contribution in [-0.2, 0) is 4.74 Å². The zero-order chi connectivity index (χ0) is 17.7. The van der Waals surface area contributed by atoms with E-state index >= 15 is 0 Å². The maximum absolute atomic E-state index is 10.8. The first-order valence-corrected chi connectivity index (χ1v) is 9.01. The van der Waals surface area contributed by atoms with Gasteiger partial charge in [-0.25, -0.2) is 0 Å². The number of β-amino-alcohol motifs (C(OH)–C–C–N with tert-alkyl or cyclic N) is 2. The highest BCUT2D eigenvalue weighted by atomic mass is 16.5. The van der Waals surface area contributed by atoms with E-state index in [2.05, 4.69) is 15.9 Å². The molecule has 1 aromatic rings. The Balaban J connectivity index is 1.47. The highest BCUT2D eigenvalue weighted by molar-refractivity contribution is 5.32. The molecular formula is C19H27N3O3. The van der Waals surface area contributed by atoms with Crippen molar-refractivity contribution in [3.8, 4) is 6.07 Å². The minimum atomic E-state index is -0.632. The molecular weight excluding hydrogens is 318 g/mol. The summed E-state index contributed by atoms with van der Waals surface area (Å²) in [6.07, 6.45) is 0.882. The van der Waals surface area contributed by atoms with Gasteiger partial charge in [0.1, 0.15) is 0 Å². The Bertz CT molecular complexity index is 585. The van der Waals surface area contributed by atoms with Gasteiger partial charge in [-0.2, -0.15) is 5.26 Å². The number of ether oxygens (including phenoxy) is 1. The predicted octanol–water partition coefficient (Wildman–Crippen LogP) is 0.751. The molecule has 136 valence electrons. The highest BCUT2D eigenvalue weighted by Gasteiger charge is 2.34. The third-order valence-electron chi connectivity index (χ3n) is 5.26. The standard InChI is InChI=1S/C19H27N3O3/c20-13-16-1-3-17(4-2-16)18(23)14-21-7-5-19(24,6-8-21)15-22-9-11-25-12-10-22/h1-4,18,23-24H,5-12,14-15H2. The van der Waals surface area contributed by atoms with Crippen LogP contribution in [0.2, 0.25) is 0 Å². The summed E-state index contributed by atoms with van der Waals surface area (Å²) < 4.78 is 5.36. The smallest absolute Gasteiger partial charge is 0.0991 e. The lowest BCUT2D eigenvalue weighted by Gasteiger charge is -2.42. The molecule has 0 radical (unpaired) electrons. The number of aliphatic hydroxyl groups is 2. The Morgan fingerprint density at radius 1 is 1.08 bits per heavy atom. The van der Waals surface area contributed by atoms with Crippen LogP contribution in [0, 0.1) is 11.3 Å². The average molecular weight is 345 g/mol. The summed E-state index contributed by atoms with van der Waals surface area (Å²) in [7, 11) is 0. The van der Waals surface area contributed by atoms with Crippen molar-refractivity contribution in [1.29, 1.82) is 5.26 Å². The van der Waals surface area contributed by atoms with Crippen LogP contribution >= 0.6 is 0 Å². The summed E-state index contributed by atoms with van der Waals surface area (Å²) in [5, 5.41) is 30.1. The zero-order valence-corrected chi connectivity index (χ0v) is 14.6. The van der Waals surface area contributed by atoms with E-state index in [0.717, 1.165) is 57.8 Å². The molecule has 2 N–H and O–H groups in total. The predicted molar refractivity (Wildman–Crippen MR) is 94.0 cm³/mol. The summed E-state index contributed by atoms with van der Waals surface area (Å²) in [6, 6.07) is 9.16. The molecule has 1 unspecified atom stereocenters. The van der Waals surface area contributed by atoms with E-state index in [1.165, 1.54) is 0 Å². The van der Waals surface area contributed by atoms with E-state index in [9.17, 15) is 10.2 Å². The molecule has 2 heterocycles. The molecule has 2 saturated heterocycles. The number of benzene rings is 1. The van der Waals surface area contributed by atoms with Gasteiger partial charge in [-0.1, -0.05) is 12.1 Å². The van der Waals surface area contributed by atoms with Gasteiger partial charge in [-0.3, -0.25) is 4.90 Å². The van der Waals surface area contributed by atoms with Gasteiger partial charge in [0.2, 0.25) is 0 Å². The second kappa shape index (κ2) is 8.26. The van der Waals surface area contributed by atoms with Gasteiger partial charge in [-0.05, 0) is 30.5 Å². The molecule has 1 aromatic carbocycles. The van der Waals surface area contributed by atoms with Gasteiger partial charge < -0.3 is 19.8 Å². The molecule has 0 aromatic heterocycles. The number of piperidine rings is 1. The van der Waals surface area contributed by atoms with E-state index in [1.807, 2.05) is 12.1 Å². The van der Waals surface area contributed by atoms with E-state index in [4.69, 9.17) is 10.00 Å². The summed E-state index contributed by atoms with van der Waals surface area (Å²) in [5.41, 5.74) is 0.794. The molecule has 6 nitrogen and oxygen atoms in total. The van der Waals surface area contributed by atoms with E-state index in [1.54, 1.807) is 12.1 Å². The maximum Gasteiger partial charge on any atom is 0.0991 e. The number of likely N-dealkylation sites (tertiary alicyclic amines) is 1. The van der Waals surface area contributed by atoms with Crippen molar-refractivity contribution in [3.05, 3.63) is 35.4 Å². The molecule has 0 bridgehead atoms.